The number of carbonyl (C=O) groups is 3. The van der Waals surface area contributed by atoms with E-state index in [9.17, 15) is 18.0 Å². The van der Waals surface area contributed by atoms with Gasteiger partial charge in [0.2, 0.25) is 5.91 Å². The van der Waals surface area contributed by atoms with E-state index in [1.807, 2.05) is 17.8 Å². The molecule has 2 N–H and O–H groups in total. The van der Waals surface area contributed by atoms with Crippen molar-refractivity contribution in [1.29, 1.82) is 0 Å². The fraction of sp³-hybridized carbons (Fsp3) is 0.647. The lowest BCUT2D eigenvalue weighted by molar-refractivity contribution is -0.123. The Morgan fingerprint density at radius 2 is 2.17 bits per heavy atom. The molecule has 3 aliphatic rings. The number of aromatic nitrogens is 2. The third kappa shape index (κ3) is 4.73. The molecule has 0 saturated carbocycles. The third-order valence-corrected chi connectivity index (χ3v) is 7.83. The van der Waals surface area contributed by atoms with Gasteiger partial charge in [-0.25, -0.2) is 18.2 Å². The summed E-state index contributed by atoms with van der Waals surface area (Å²) in [6.45, 7) is 1.91. The maximum absolute atomic E-state index is 12.6. The van der Waals surface area contributed by atoms with E-state index in [0.29, 0.717) is 26.2 Å². The first-order chi connectivity index (χ1) is 14.2. The van der Waals surface area contributed by atoms with Gasteiger partial charge in [-0.05, 0) is 0 Å². The van der Waals surface area contributed by atoms with E-state index < -0.39 is 27.2 Å². The highest BCUT2D eigenvalue weighted by molar-refractivity contribution is 7.92. The maximum Gasteiger partial charge on any atom is 0.410 e. The molecule has 3 aliphatic heterocycles. The summed E-state index contributed by atoms with van der Waals surface area (Å²) in [5, 5.41) is 9.25. The molecule has 0 spiro atoms. The molecule has 1 aromatic heterocycles. The molecule has 4 rings (SSSR count). The number of fused-ring (bicyclic) bond motifs is 1. The number of cyclic esters (lactones) is 1. The minimum absolute atomic E-state index is 0.0469. The van der Waals surface area contributed by atoms with Gasteiger partial charge in [0.1, 0.15) is 19.0 Å². The number of hydrogen-bond donors (Lipinski definition) is 2. The van der Waals surface area contributed by atoms with E-state index >= 15 is 0 Å². The number of hydrogen-bond acceptors (Lipinski definition) is 8. The highest BCUT2D eigenvalue weighted by Crippen LogP contribution is 2.34. The summed E-state index contributed by atoms with van der Waals surface area (Å²) in [6.07, 6.45) is 3.06. The van der Waals surface area contributed by atoms with Gasteiger partial charge < -0.3 is 19.7 Å². The summed E-state index contributed by atoms with van der Waals surface area (Å²) in [4.78, 5) is 39.8. The van der Waals surface area contributed by atoms with Crippen molar-refractivity contribution < 1.29 is 32.6 Å². The van der Waals surface area contributed by atoms with Crippen molar-refractivity contribution in [3.8, 4) is 0 Å². The number of amides is 2. The Hall–Kier alpha value is -2.67. The summed E-state index contributed by atoms with van der Waals surface area (Å²) in [7, 11) is -1.36. The molecule has 4 heterocycles. The standard InChI is InChI=1S/C16H23N5O5S.CH2O2/c1-19-3-2-17-14(19)8-20-6-11-12(10-27(24,25)13(11)7-20)18-15(22)9-21-4-5-26-16(21)23;2-1-3/h2-3,11-13H,4-10H2,1H3,(H,18,22);1H,(H,2,3)/t11-,12+,13-;/m0./s1. The Kier molecular flexibility index (Phi) is 6.61. The van der Waals surface area contributed by atoms with Crippen molar-refractivity contribution in [1.82, 2.24) is 24.7 Å². The predicted octanol–water partition coefficient (Wildman–Crippen LogP) is -1.71. The Balaban J connectivity index is 0.000000806. The Labute approximate surface area is 173 Å². The Morgan fingerprint density at radius 3 is 2.77 bits per heavy atom. The molecule has 0 aromatic carbocycles. The van der Waals surface area contributed by atoms with Crippen molar-refractivity contribution in [2.45, 2.75) is 17.8 Å². The van der Waals surface area contributed by atoms with Gasteiger partial charge in [0.15, 0.2) is 9.84 Å². The summed E-state index contributed by atoms with van der Waals surface area (Å²) in [6, 6.07) is -0.433. The van der Waals surface area contributed by atoms with Gasteiger partial charge in [-0.3, -0.25) is 19.4 Å². The number of ether oxygens (including phenoxy) is 1. The molecule has 1 aromatic rings. The summed E-state index contributed by atoms with van der Waals surface area (Å²) in [5.41, 5.74) is 0. The molecular weight excluding hydrogens is 418 g/mol. The number of imidazole rings is 1. The SMILES string of the molecule is Cn1ccnc1CN1C[C@H]2[C@H](NC(=O)CN3CCOC3=O)CS(=O)(=O)[C@H]2C1.O=CO. The van der Waals surface area contributed by atoms with Crippen LogP contribution in [0.2, 0.25) is 0 Å². The largest absolute Gasteiger partial charge is 0.483 e. The predicted molar refractivity (Wildman–Crippen MR) is 103 cm³/mol. The molecular formula is C17H25N5O7S. The normalized spacial score (nSPS) is 27.2. The minimum atomic E-state index is -3.27. The third-order valence-electron chi connectivity index (χ3n) is 5.59. The summed E-state index contributed by atoms with van der Waals surface area (Å²) in [5.74, 6) is 0.330. The van der Waals surface area contributed by atoms with Crippen LogP contribution in [0.5, 0.6) is 0 Å². The molecule has 0 unspecified atom stereocenters. The highest BCUT2D eigenvalue weighted by Gasteiger charge is 2.52. The second-order valence-corrected chi connectivity index (χ2v) is 9.76. The molecule has 0 bridgehead atoms. The van der Waals surface area contributed by atoms with Gasteiger partial charge in [-0.2, -0.15) is 0 Å². The van der Waals surface area contributed by atoms with Crippen LogP contribution < -0.4 is 5.32 Å². The first-order valence-corrected chi connectivity index (χ1v) is 11.2. The van der Waals surface area contributed by atoms with Gasteiger partial charge in [0.25, 0.3) is 6.47 Å². The van der Waals surface area contributed by atoms with Crippen molar-refractivity contribution in [2.24, 2.45) is 13.0 Å². The fourth-order valence-corrected chi connectivity index (χ4v) is 6.49. The van der Waals surface area contributed by atoms with Crippen LogP contribution in [0.1, 0.15) is 5.82 Å². The molecule has 3 saturated heterocycles. The topological polar surface area (TPSA) is 151 Å². The van der Waals surface area contributed by atoms with Gasteiger partial charge in [0, 0.05) is 44.5 Å². The number of carbonyl (C=O) groups excluding carboxylic acids is 2. The zero-order valence-electron chi connectivity index (χ0n) is 16.5. The van der Waals surface area contributed by atoms with Crippen LogP contribution >= 0.6 is 0 Å². The van der Waals surface area contributed by atoms with E-state index in [2.05, 4.69) is 15.2 Å². The van der Waals surface area contributed by atoms with E-state index in [-0.39, 0.29) is 37.2 Å². The molecule has 13 heteroatoms. The first-order valence-electron chi connectivity index (χ1n) is 9.44. The number of carboxylic acid groups (broad SMARTS) is 1. The molecule has 0 aliphatic carbocycles. The fourth-order valence-electron chi connectivity index (χ4n) is 4.17. The number of likely N-dealkylation sites (tertiary alicyclic amines) is 1. The van der Waals surface area contributed by atoms with Crippen molar-refractivity contribution >= 4 is 28.3 Å². The van der Waals surface area contributed by atoms with E-state index in [1.54, 1.807) is 6.20 Å². The molecule has 166 valence electrons. The van der Waals surface area contributed by atoms with Crippen LogP contribution in [-0.4, -0.2) is 101 Å². The van der Waals surface area contributed by atoms with Gasteiger partial charge in [0.05, 0.1) is 24.1 Å². The number of nitrogens with one attached hydrogen (secondary N) is 1. The van der Waals surface area contributed by atoms with Crippen LogP contribution in [0.4, 0.5) is 4.79 Å². The van der Waals surface area contributed by atoms with Crippen molar-refractivity contribution in [2.75, 3.05) is 38.5 Å². The van der Waals surface area contributed by atoms with E-state index in [4.69, 9.17) is 14.6 Å². The van der Waals surface area contributed by atoms with E-state index in [1.165, 1.54) is 4.90 Å². The highest BCUT2D eigenvalue weighted by atomic mass is 32.2. The van der Waals surface area contributed by atoms with E-state index in [0.717, 1.165) is 5.82 Å². The molecule has 0 radical (unpaired) electrons. The van der Waals surface area contributed by atoms with Crippen LogP contribution in [0.15, 0.2) is 12.4 Å². The summed E-state index contributed by atoms with van der Waals surface area (Å²) >= 11 is 0. The van der Waals surface area contributed by atoms with Crippen molar-refractivity contribution in [3.05, 3.63) is 18.2 Å². The van der Waals surface area contributed by atoms with Crippen LogP contribution in [0.25, 0.3) is 0 Å². The lowest BCUT2D eigenvalue weighted by Gasteiger charge is -2.21. The van der Waals surface area contributed by atoms with Crippen LogP contribution in [0.3, 0.4) is 0 Å². The summed E-state index contributed by atoms with van der Waals surface area (Å²) < 4.78 is 31.8. The minimum Gasteiger partial charge on any atom is -0.483 e. The number of rotatable bonds is 5. The van der Waals surface area contributed by atoms with Crippen LogP contribution in [0, 0.1) is 5.92 Å². The molecule has 30 heavy (non-hydrogen) atoms. The first kappa shape index (κ1) is 22.0. The van der Waals surface area contributed by atoms with Crippen molar-refractivity contribution in [3.63, 3.8) is 0 Å². The monoisotopic (exact) mass is 443 g/mol. The zero-order chi connectivity index (χ0) is 21.9. The van der Waals surface area contributed by atoms with Crippen LogP contribution in [-0.2, 0) is 37.8 Å². The maximum atomic E-state index is 12.6. The number of aryl methyl sites for hydroxylation is 1. The van der Waals surface area contributed by atoms with Gasteiger partial charge in [-0.15, -0.1) is 0 Å². The zero-order valence-corrected chi connectivity index (χ0v) is 17.3. The average molecular weight is 443 g/mol. The molecule has 3 fully saturated rings. The molecule has 12 nitrogen and oxygen atoms in total. The molecule has 3 atom stereocenters. The Bertz CT molecular complexity index is 902. The van der Waals surface area contributed by atoms with Gasteiger partial charge in [-0.1, -0.05) is 0 Å². The Morgan fingerprint density at radius 1 is 1.43 bits per heavy atom. The second-order valence-electron chi connectivity index (χ2n) is 7.50. The smallest absolute Gasteiger partial charge is 0.410 e. The lowest BCUT2D eigenvalue weighted by Crippen LogP contribution is -2.46. The van der Waals surface area contributed by atoms with Gasteiger partial charge >= 0.3 is 6.09 Å². The quantitative estimate of drug-likeness (QED) is 0.507. The molecule has 2 amide bonds. The second kappa shape index (κ2) is 9.00. The lowest BCUT2D eigenvalue weighted by atomic mass is 10.0. The number of sulfone groups is 1. The number of nitrogens with zero attached hydrogens (tertiary/aromatic N) is 4. The average Bonchev–Trinajstić information content (AvgIpc) is 3.40.